The topological polar surface area (TPSA) is 64.1 Å². The summed E-state index contributed by atoms with van der Waals surface area (Å²) in [5, 5.41) is 3.41. The van der Waals surface area contributed by atoms with Crippen LogP contribution in [0.15, 0.2) is 23.8 Å². The molecule has 2 aromatic heterocycles. The number of alkyl halides is 5. The zero-order chi connectivity index (χ0) is 17.9. The summed E-state index contributed by atoms with van der Waals surface area (Å²) in [6, 6.07) is -1.28. The van der Waals surface area contributed by atoms with Crippen molar-refractivity contribution in [2.45, 2.75) is 25.6 Å². The first-order chi connectivity index (χ1) is 11.2. The molecule has 1 atom stereocenters. The van der Waals surface area contributed by atoms with Crippen LogP contribution in [-0.2, 0) is 0 Å². The average Bonchev–Trinajstić information content (AvgIpc) is 3.01. The molecule has 0 aliphatic rings. The Morgan fingerprint density at radius 3 is 2.52 bits per heavy atom. The van der Waals surface area contributed by atoms with Gasteiger partial charge in [-0.25, -0.2) is 23.5 Å². The number of thiazole rings is 1. The molecule has 12 heteroatoms. The Morgan fingerprint density at radius 1 is 1.32 bits per heavy atom. The van der Waals surface area contributed by atoms with Crippen LogP contribution in [0.4, 0.5) is 27.8 Å². The second-order valence-electron chi connectivity index (χ2n) is 4.54. The number of aromatic nitrogens is 2. The number of esters is 1. The van der Waals surface area contributed by atoms with Crippen LogP contribution in [0.1, 0.15) is 28.7 Å². The van der Waals surface area contributed by atoms with Gasteiger partial charge in [0.25, 0.3) is 6.43 Å². The minimum absolute atomic E-state index is 0. The van der Waals surface area contributed by atoms with Crippen molar-refractivity contribution in [1.82, 2.24) is 9.97 Å². The van der Waals surface area contributed by atoms with Crippen molar-refractivity contribution in [2.75, 3.05) is 5.32 Å². The van der Waals surface area contributed by atoms with Crippen molar-refractivity contribution in [3.63, 3.8) is 0 Å². The van der Waals surface area contributed by atoms with Crippen LogP contribution >= 0.6 is 11.3 Å². The van der Waals surface area contributed by atoms with Crippen molar-refractivity contribution in [3.05, 3.63) is 34.4 Å². The predicted octanol–water partition coefficient (Wildman–Crippen LogP) is 3.41. The summed E-state index contributed by atoms with van der Waals surface area (Å²) in [7, 11) is 0. The maximum absolute atomic E-state index is 13.1. The van der Waals surface area contributed by atoms with Gasteiger partial charge in [-0.2, -0.15) is 13.2 Å². The molecule has 2 rings (SSSR count). The van der Waals surface area contributed by atoms with Gasteiger partial charge < -0.3 is 10.1 Å². The number of nitrogens with zero attached hydrogens (tertiary/aromatic N) is 2. The van der Waals surface area contributed by atoms with E-state index >= 15 is 0 Å². The van der Waals surface area contributed by atoms with Crippen molar-refractivity contribution in [1.29, 1.82) is 0 Å². The van der Waals surface area contributed by atoms with Crippen LogP contribution in [0.2, 0.25) is 0 Å². The number of rotatable bonds is 5. The normalized spacial score (nSPS) is 12.4. The first-order valence-corrected chi connectivity index (χ1v) is 7.29. The van der Waals surface area contributed by atoms with E-state index in [9.17, 15) is 26.7 Å². The first kappa shape index (κ1) is 22.4. The van der Waals surface area contributed by atoms with Crippen LogP contribution in [-0.4, -0.2) is 79.5 Å². The summed E-state index contributed by atoms with van der Waals surface area (Å²) in [6.45, 7) is 0.820. The van der Waals surface area contributed by atoms with Gasteiger partial charge in [0.1, 0.15) is 11.9 Å². The molecule has 0 aliphatic carbocycles. The van der Waals surface area contributed by atoms with Crippen LogP contribution in [0.3, 0.4) is 0 Å². The second-order valence-corrected chi connectivity index (χ2v) is 5.44. The summed E-state index contributed by atoms with van der Waals surface area (Å²) in [4.78, 5) is 19.0. The van der Waals surface area contributed by atoms with Gasteiger partial charge in [-0.1, -0.05) is 0 Å². The quantitative estimate of drug-likeness (QED) is 0.468. The van der Waals surface area contributed by atoms with Crippen molar-refractivity contribution in [2.24, 2.45) is 0 Å². The molecule has 0 amide bonds. The van der Waals surface area contributed by atoms with Crippen molar-refractivity contribution >= 4 is 74.5 Å². The first-order valence-electron chi connectivity index (χ1n) is 6.41. The number of ether oxygens (including phenoxy) is 1. The van der Waals surface area contributed by atoms with Gasteiger partial charge in [0.05, 0.1) is 11.8 Å². The van der Waals surface area contributed by atoms with Gasteiger partial charge in [0.15, 0.2) is 5.75 Å². The van der Waals surface area contributed by atoms with Crippen LogP contribution in [0.5, 0.6) is 5.75 Å². The van der Waals surface area contributed by atoms with E-state index in [4.69, 9.17) is 4.74 Å². The standard InChI is InChI=1S/C13H10F5N3O2S.K.H/c1-6(13(16,17)18)21-9-4-7(10(14)15)8(5-20-9)23-12(22)11-19-2-3-24-11;;/h2-6,10H,1H3,(H,20,21);;/t6-;;/m0../s1. The molecule has 0 radical (unpaired) electrons. The number of carbonyl (C=O) groups is 1. The van der Waals surface area contributed by atoms with E-state index in [1.54, 1.807) is 0 Å². The van der Waals surface area contributed by atoms with Gasteiger partial charge in [0.2, 0.25) is 5.01 Å². The average molecular weight is 407 g/mol. The fraction of sp³-hybridized carbons (Fsp3) is 0.308. The third-order valence-electron chi connectivity index (χ3n) is 2.80. The van der Waals surface area contributed by atoms with E-state index in [0.29, 0.717) is 6.07 Å². The number of anilines is 1. The molecule has 0 saturated heterocycles. The maximum atomic E-state index is 13.1. The van der Waals surface area contributed by atoms with Crippen LogP contribution in [0, 0.1) is 0 Å². The Bertz CT molecular complexity index is 712. The number of pyridine rings is 1. The fourth-order valence-electron chi connectivity index (χ4n) is 1.56. The molecule has 0 saturated carbocycles. The molecular weight excluding hydrogens is 396 g/mol. The molecule has 0 aliphatic heterocycles. The molecular formula is C13H11F5KN3O2S. The van der Waals surface area contributed by atoms with Gasteiger partial charge >= 0.3 is 63.5 Å². The van der Waals surface area contributed by atoms with E-state index < -0.39 is 41.7 Å². The third kappa shape index (κ3) is 6.22. The van der Waals surface area contributed by atoms with E-state index in [0.717, 1.165) is 24.5 Å². The van der Waals surface area contributed by atoms with Gasteiger partial charge in [-0.15, -0.1) is 11.3 Å². The van der Waals surface area contributed by atoms with E-state index in [1.165, 1.54) is 11.6 Å². The molecule has 0 aromatic carbocycles. The Balaban J connectivity index is 0.00000312. The van der Waals surface area contributed by atoms with Crippen molar-refractivity contribution < 1.29 is 31.5 Å². The monoisotopic (exact) mass is 407 g/mol. The van der Waals surface area contributed by atoms with Crippen molar-refractivity contribution in [3.8, 4) is 5.75 Å². The summed E-state index contributed by atoms with van der Waals surface area (Å²) >= 11 is 0.948. The second kappa shape index (κ2) is 9.32. The molecule has 0 spiro atoms. The molecule has 2 heterocycles. The van der Waals surface area contributed by atoms with E-state index in [-0.39, 0.29) is 56.4 Å². The molecule has 132 valence electrons. The molecule has 5 nitrogen and oxygen atoms in total. The van der Waals surface area contributed by atoms with Crippen LogP contribution < -0.4 is 10.1 Å². The summed E-state index contributed by atoms with van der Waals surface area (Å²) < 4.78 is 68.4. The number of halogens is 5. The zero-order valence-electron chi connectivity index (χ0n) is 12.0. The van der Waals surface area contributed by atoms with E-state index in [2.05, 4.69) is 9.97 Å². The predicted molar refractivity (Wildman–Crippen MR) is 82.6 cm³/mol. The van der Waals surface area contributed by atoms with Gasteiger partial charge in [0, 0.05) is 11.6 Å². The van der Waals surface area contributed by atoms with Gasteiger partial charge in [-0.05, 0) is 13.0 Å². The van der Waals surface area contributed by atoms with E-state index in [1.807, 2.05) is 5.32 Å². The molecule has 0 bridgehead atoms. The molecule has 2 aromatic rings. The molecule has 0 fully saturated rings. The Labute approximate surface area is 185 Å². The SMILES string of the molecule is C[C@H](Nc1cc(C(F)F)c(OC(=O)c2nccs2)cn1)C(F)(F)F.[KH]. The molecule has 25 heavy (non-hydrogen) atoms. The Hall–Kier alpha value is -0.664. The Kier molecular flexibility index (Phi) is 8.35. The summed E-state index contributed by atoms with van der Waals surface area (Å²) in [5.74, 6) is -1.92. The number of nitrogens with one attached hydrogen (secondary N) is 1. The van der Waals surface area contributed by atoms with Gasteiger partial charge in [-0.3, -0.25) is 0 Å². The zero-order valence-corrected chi connectivity index (χ0v) is 12.8. The third-order valence-corrected chi connectivity index (χ3v) is 3.55. The van der Waals surface area contributed by atoms with Crippen LogP contribution in [0.25, 0.3) is 0 Å². The number of hydrogen-bond donors (Lipinski definition) is 1. The molecule has 0 unspecified atom stereocenters. The number of carbonyl (C=O) groups excluding carboxylic acids is 1. The fourth-order valence-corrected chi connectivity index (χ4v) is 2.07. The Morgan fingerprint density at radius 2 is 2.00 bits per heavy atom. The summed E-state index contributed by atoms with van der Waals surface area (Å²) in [5.41, 5.74) is -0.758. The molecule has 1 N–H and O–H groups in total. The summed E-state index contributed by atoms with van der Waals surface area (Å²) in [6.07, 6.45) is -5.55. The minimum atomic E-state index is -4.57. The number of hydrogen-bond acceptors (Lipinski definition) is 6.